The number of nitrogens with one attached hydrogen (secondary N) is 1. The third-order valence-corrected chi connectivity index (χ3v) is 7.44. The molecule has 0 aliphatic carbocycles. The fraction of sp³-hybridized carbons (Fsp3) is 0.394. The molecule has 1 aliphatic rings. The van der Waals surface area contributed by atoms with Gasteiger partial charge in [-0.1, -0.05) is 24.3 Å². The third kappa shape index (κ3) is 7.32. The second-order valence-electron chi connectivity index (χ2n) is 10.6. The zero-order valence-electron chi connectivity index (χ0n) is 24.4. The van der Waals surface area contributed by atoms with E-state index in [1.54, 1.807) is 0 Å². The highest BCUT2D eigenvalue weighted by Gasteiger charge is 2.32. The van der Waals surface area contributed by atoms with E-state index in [2.05, 4.69) is 24.4 Å². The summed E-state index contributed by atoms with van der Waals surface area (Å²) in [4.78, 5) is 11.7. The minimum absolute atomic E-state index is 0.175. The molecule has 0 aromatic heterocycles. The summed E-state index contributed by atoms with van der Waals surface area (Å²) in [5, 5.41) is 30.9. The lowest BCUT2D eigenvalue weighted by Gasteiger charge is -2.25. The summed E-state index contributed by atoms with van der Waals surface area (Å²) < 4.78 is 23.8. The van der Waals surface area contributed by atoms with E-state index in [0.717, 1.165) is 51.3 Å². The van der Waals surface area contributed by atoms with Crippen LogP contribution in [0.25, 0.3) is 11.1 Å². The molecule has 3 N–H and O–H groups in total. The number of aliphatic carboxylic acids is 1. The van der Waals surface area contributed by atoms with Crippen LogP contribution in [0.2, 0.25) is 0 Å². The predicted molar refractivity (Wildman–Crippen MR) is 158 cm³/mol. The Bertz CT molecular complexity index is 1450. The van der Waals surface area contributed by atoms with Crippen LogP contribution in [-0.4, -0.2) is 48.1 Å². The van der Waals surface area contributed by atoms with E-state index in [1.807, 2.05) is 49.4 Å². The van der Waals surface area contributed by atoms with Gasteiger partial charge >= 0.3 is 5.97 Å². The first-order chi connectivity index (χ1) is 20.3. The van der Waals surface area contributed by atoms with Gasteiger partial charge in [0.1, 0.15) is 36.9 Å². The van der Waals surface area contributed by atoms with Crippen LogP contribution in [0.5, 0.6) is 23.0 Å². The maximum absolute atomic E-state index is 11.7. The Morgan fingerprint density at radius 3 is 2.55 bits per heavy atom. The van der Waals surface area contributed by atoms with Gasteiger partial charge in [0, 0.05) is 24.6 Å². The van der Waals surface area contributed by atoms with Gasteiger partial charge in [0.25, 0.3) is 0 Å². The first kappa shape index (κ1) is 30.7. The first-order valence-corrected chi connectivity index (χ1v) is 14.1. The standard InChI is InChI=1S/C33H38N2O7/c1-22-16-26(19-35-33(3,21-36)32(37)38)30(39-13-6-4-5-12-34)18-29(22)42-20-25-8-7-9-27(23(25)2)24-10-11-28-31(17-24)41-15-14-40-28/h7-11,16-18,35-36H,4-6,13-15,19-21H2,1-3H3,(H,37,38). The summed E-state index contributed by atoms with van der Waals surface area (Å²) in [5.41, 5.74) is 4.37. The zero-order chi connectivity index (χ0) is 30.1. The number of hydrogen-bond donors (Lipinski definition) is 3. The van der Waals surface area contributed by atoms with Gasteiger partial charge < -0.3 is 29.2 Å². The number of aliphatic hydroxyl groups excluding tert-OH is 1. The van der Waals surface area contributed by atoms with Crippen molar-refractivity contribution in [3.63, 3.8) is 0 Å². The van der Waals surface area contributed by atoms with Gasteiger partial charge in [0.2, 0.25) is 0 Å². The number of benzene rings is 3. The van der Waals surface area contributed by atoms with Gasteiger partial charge in [-0.15, -0.1) is 0 Å². The summed E-state index contributed by atoms with van der Waals surface area (Å²) in [5.74, 6) is 1.57. The van der Waals surface area contributed by atoms with Gasteiger partial charge in [0.05, 0.1) is 19.3 Å². The van der Waals surface area contributed by atoms with Crippen molar-refractivity contribution in [1.29, 1.82) is 5.26 Å². The molecule has 0 radical (unpaired) electrons. The number of unbranched alkanes of at least 4 members (excludes halogenated alkanes) is 2. The number of aliphatic hydroxyl groups is 1. The molecule has 1 unspecified atom stereocenters. The lowest BCUT2D eigenvalue weighted by Crippen LogP contribution is -2.52. The molecule has 3 aromatic rings. The summed E-state index contributed by atoms with van der Waals surface area (Å²) in [6.07, 6.45) is 1.89. The van der Waals surface area contributed by atoms with E-state index in [4.69, 9.17) is 24.2 Å². The molecule has 42 heavy (non-hydrogen) atoms. The van der Waals surface area contributed by atoms with Crippen LogP contribution in [0.1, 0.15) is 48.4 Å². The second-order valence-corrected chi connectivity index (χ2v) is 10.6. The number of nitrogens with zero attached hydrogens (tertiary/aromatic N) is 1. The minimum atomic E-state index is -1.49. The van der Waals surface area contributed by atoms with Crippen LogP contribution >= 0.6 is 0 Å². The molecule has 0 fully saturated rings. The molecule has 9 heteroatoms. The number of fused-ring (bicyclic) bond motifs is 1. The summed E-state index contributed by atoms with van der Waals surface area (Å²) in [6.45, 7) is 6.88. The Hall–Kier alpha value is -4.26. The molecule has 0 spiro atoms. The van der Waals surface area contributed by atoms with Crippen LogP contribution in [-0.2, 0) is 17.9 Å². The number of nitriles is 1. The monoisotopic (exact) mass is 574 g/mol. The Balaban J connectivity index is 1.53. The third-order valence-electron chi connectivity index (χ3n) is 7.44. The fourth-order valence-corrected chi connectivity index (χ4v) is 4.65. The van der Waals surface area contributed by atoms with E-state index >= 15 is 0 Å². The van der Waals surface area contributed by atoms with Crippen molar-refractivity contribution in [1.82, 2.24) is 5.32 Å². The molecule has 1 aliphatic heterocycles. The van der Waals surface area contributed by atoms with Crippen molar-refractivity contribution in [3.8, 4) is 40.2 Å². The van der Waals surface area contributed by atoms with Gasteiger partial charge in [-0.2, -0.15) is 5.26 Å². The SMILES string of the molecule is Cc1cc(CNC(C)(CO)C(=O)O)c(OCCCCC#N)cc1OCc1cccc(-c2ccc3c(c2)OCCO3)c1C. The highest BCUT2D eigenvalue weighted by molar-refractivity contribution is 5.78. The predicted octanol–water partition coefficient (Wildman–Crippen LogP) is 5.32. The average Bonchev–Trinajstić information content (AvgIpc) is 3.00. The minimum Gasteiger partial charge on any atom is -0.493 e. The first-order valence-electron chi connectivity index (χ1n) is 14.1. The van der Waals surface area contributed by atoms with Gasteiger partial charge in [0.15, 0.2) is 11.5 Å². The smallest absolute Gasteiger partial charge is 0.326 e. The fourth-order valence-electron chi connectivity index (χ4n) is 4.65. The summed E-state index contributed by atoms with van der Waals surface area (Å²) in [6, 6.07) is 18.0. The van der Waals surface area contributed by atoms with Crippen LogP contribution < -0.4 is 24.3 Å². The quantitative estimate of drug-likeness (QED) is 0.219. The maximum atomic E-state index is 11.7. The summed E-state index contributed by atoms with van der Waals surface area (Å²) in [7, 11) is 0. The van der Waals surface area contributed by atoms with Crippen LogP contribution in [0.3, 0.4) is 0 Å². The molecule has 0 amide bonds. The van der Waals surface area contributed by atoms with Crippen LogP contribution in [0.15, 0.2) is 48.5 Å². The lowest BCUT2D eigenvalue weighted by atomic mass is 9.96. The van der Waals surface area contributed by atoms with Gasteiger partial charge in [-0.3, -0.25) is 10.1 Å². The Kier molecular flexibility index (Phi) is 10.3. The molecule has 3 aromatic carbocycles. The number of rotatable bonds is 14. The van der Waals surface area contributed by atoms with Crippen LogP contribution in [0, 0.1) is 25.2 Å². The molecule has 0 bridgehead atoms. The van der Waals surface area contributed by atoms with Crippen molar-refractivity contribution < 1.29 is 34.0 Å². The van der Waals surface area contributed by atoms with Crippen molar-refractivity contribution in [2.75, 3.05) is 26.4 Å². The molecule has 0 saturated heterocycles. The largest absolute Gasteiger partial charge is 0.493 e. The normalized spacial score (nSPS) is 13.6. The second kappa shape index (κ2) is 14.1. The van der Waals surface area contributed by atoms with Crippen molar-refractivity contribution >= 4 is 5.97 Å². The van der Waals surface area contributed by atoms with Gasteiger partial charge in [-0.25, -0.2) is 0 Å². The van der Waals surface area contributed by atoms with E-state index < -0.39 is 18.1 Å². The Morgan fingerprint density at radius 1 is 1.02 bits per heavy atom. The molecule has 1 heterocycles. The Morgan fingerprint density at radius 2 is 1.81 bits per heavy atom. The summed E-state index contributed by atoms with van der Waals surface area (Å²) >= 11 is 0. The van der Waals surface area contributed by atoms with Gasteiger partial charge in [-0.05, 0) is 79.6 Å². The van der Waals surface area contributed by atoms with E-state index in [1.165, 1.54) is 6.92 Å². The number of ether oxygens (including phenoxy) is 4. The molecular weight excluding hydrogens is 536 g/mol. The number of carbonyl (C=O) groups is 1. The number of hydrogen-bond acceptors (Lipinski definition) is 8. The molecule has 1 atom stereocenters. The molecule has 222 valence electrons. The molecular formula is C33H38N2O7. The highest BCUT2D eigenvalue weighted by Crippen LogP contribution is 2.36. The van der Waals surface area contributed by atoms with Crippen LogP contribution in [0.4, 0.5) is 0 Å². The molecule has 0 saturated carbocycles. The van der Waals surface area contributed by atoms with Crippen molar-refractivity contribution in [2.24, 2.45) is 0 Å². The number of carboxylic acids is 1. The van der Waals surface area contributed by atoms with E-state index in [0.29, 0.717) is 50.8 Å². The average molecular weight is 575 g/mol. The molecule has 9 nitrogen and oxygen atoms in total. The topological polar surface area (TPSA) is 130 Å². The highest BCUT2D eigenvalue weighted by atomic mass is 16.6. The van der Waals surface area contributed by atoms with E-state index in [-0.39, 0.29) is 6.54 Å². The van der Waals surface area contributed by atoms with Crippen molar-refractivity contribution in [3.05, 3.63) is 70.8 Å². The Labute approximate surface area is 246 Å². The maximum Gasteiger partial charge on any atom is 0.326 e. The lowest BCUT2D eigenvalue weighted by molar-refractivity contribution is -0.145. The zero-order valence-corrected chi connectivity index (χ0v) is 24.4. The van der Waals surface area contributed by atoms with E-state index in [9.17, 15) is 15.0 Å². The number of aryl methyl sites for hydroxylation is 1. The molecule has 4 rings (SSSR count). The number of carboxylic acid groups (broad SMARTS) is 1. The van der Waals surface area contributed by atoms with Crippen molar-refractivity contribution in [2.45, 2.75) is 58.7 Å².